The second-order valence-corrected chi connectivity index (χ2v) is 6.10. The Morgan fingerprint density at radius 1 is 1.37 bits per heavy atom. The number of cyclic esters (lactones) is 2. The third-order valence-electron chi connectivity index (χ3n) is 4.62. The SMILES string of the molecule is CC(=O)OC1=C[C@@]2(C)CC(C)[C@@H]1C1C(=O)OC(=O)C12. The molecule has 1 aliphatic heterocycles. The zero-order chi connectivity index (χ0) is 13.9. The molecule has 0 radical (unpaired) electrons. The first-order chi connectivity index (χ1) is 8.83. The smallest absolute Gasteiger partial charge is 0.318 e. The number of rotatable bonds is 1. The van der Waals surface area contributed by atoms with E-state index < -0.39 is 35.2 Å². The molecule has 4 aliphatic rings. The molecule has 1 saturated carbocycles. The normalized spacial score (nSPS) is 43.6. The van der Waals surface area contributed by atoms with E-state index >= 15 is 0 Å². The van der Waals surface area contributed by atoms with Gasteiger partial charge >= 0.3 is 17.9 Å². The Labute approximate surface area is 110 Å². The molecule has 4 rings (SSSR count). The summed E-state index contributed by atoms with van der Waals surface area (Å²) in [6.07, 6.45) is 2.64. The van der Waals surface area contributed by atoms with Crippen LogP contribution in [-0.4, -0.2) is 17.9 Å². The summed E-state index contributed by atoms with van der Waals surface area (Å²) < 4.78 is 10.1. The minimum absolute atomic E-state index is 0.184. The number of carbonyl (C=O) groups excluding carboxylic acids is 3. The number of hydrogen-bond donors (Lipinski definition) is 0. The van der Waals surface area contributed by atoms with E-state index in [9.17, 15) is 14.4 Å². The van der Waals surface area contributed by atoms with Crippen molar-refractivity contribution in [3.63, 3.8) is 0 Å². The molecular formula is C14H16O5. The highest BCUT2D eigenvalue weighted by Gasteiger charge is 2.64. The van der Waals surface area contributed by atoms with Crippen LogP contribution in [0.2, 0.25) is 0 Å². The fraction of sp³-hybridized carbons (Fsp3) is 0.643. The largest absolute Gasteiger partial charge is 0.431 e. The van der Waals surface area contributed by atoms with Crippen LogP contribution in [0, 0.1) is 29.1 Å². The standard InChI is InChI=1S/C14H16O5/c1-6-4-14(3)5-8(18-7(2)15)9(6)10-11(14)13(17)19-12(10)16/h5-6,9-11H,4H2,1-3H3/t6?,9-,10?,11?,14+/m0/s1. The fourth-order valence-electron chi connectivity index (χ4n) is 4.14. The van der Waals surface area contributed by atoms with Crippen molar-refractivity contribution in [3.05, 3.63) is 11.8 Å². The van der Waals surface area contributed by atoms with E-state index in [-0.39, 0.29) is 11.8 Å². The fourth-order valence-corrected chi connectivity index (χ4v) is 4.14. The second kappa shape index (κ2) is 3.68. The van der Waals surface area contributed by atoms with Gasteiger partial charge in [0.05, 0.1) is 11.8 Å². The predicted molar refractivity (Wildman–Crippen MR) is 63.3 cm³/mol. The summed E-state index contributed by atoms with van der Waals surface area (Å²) in [6.45, 7) is 5.29. The topological polar surface area (TPSA) is 69.7 Å². The third-order valence-corrected chi connectivity index (χ3v) is 4.62. The van der Waals surface area contributed by atoms with Crippen molar-refractivity contribution in [1.82, 2.24) is 0 Å². The van der Waals surface area contributed by atoms with Crippen LogP contribution in [0.25, 0.3) is 0 Å². The maximum Gasteiger partial charge on any atom is 0.318 e. The van der Waals surface area contributed by atoms with Gasteiger partial charge in [-0.3, -0.25) is 14.4 Å². The van der Waals surface area contributed by atoms with Gasteiger partial charge in [0.15, 0.2) is 0 Å². The van der Waals surface area contributed by atoms with Gasteiger partial charge in [-0.25, -0.2) is 0 Å². The van der Waals surface area contributed by atoms with E-state index in [1.807, 2.05) is 19.9 Å². The van der Waals surface area contributed by atoms with Crippen molar-refractivity contribution < 1.29 is 23.9 Å². The zero-order valence-corrected chi connectivity index (χ0v) is 11.1. The van der Waals surface area contributed by atoms with E-state index in [1.165, 1.54) is 6.92 Å². The van der Waals surface area contributed by atoms with E-state index in [0.29, 0.717) is 5.76 Å². The molecule has 5 atom stereocenters. The lowest BCUT2D eigenvalue weighted by atomic mass is 9.51. The van der Waals surface area contributed by atoms with Crippen molar-refractivity contribution in [3.8, 4) is 0 Å². The highest BCUT2D eigenvalue weighted by molar-refractivity contribution is 5.98. The molecule has 1 heterocycles. The van der Waals surface area contributed by atoms with Gasteiger partial charge in [-0.1, -0.05) is 13.8 Å². The van der Waals surface area contributed by atoms with Crippen LogP contribution < -0.4 is 0 Å². The molecule has 3 aliphatic carbocycles. The van der Waals surface area contributed by atoms with Crippen molar-refractivity contribution in [2.45, 2.75) is 27.2 Å². The van der Waals surface area contributed by atoms with Crippen molar-refractivity contribution >= 4 is 17.9 Å². The maximum absolute atomic E-state index is 11.9. The summed E-state index contributed by atoms with van der Waals surface area (Å²) in [5, 5.41) is 0. The summed E-state index contributed by atoms with van der Waals surface area (Å²) >= 11 is 0. The average Bonchev–Trinajstić information content (AvgIpc) is 2.53. The number of allylic oxidation sites excluding steroid dienone is 2. The summed E-state index contributed by atoms with van der Waals surface area (Å²) in [5.74, 6) is -1.76. The summed E-state index contributed by atoms with van der Waals surface area (Å²) in [5.41, 5.74) is -0.465. The zero-order valence-electron chi connectivity index (χ0n) is 11.1. The van der Waals surface area contributed by atoms with Crippen molar-refractivity contribution in [2.24, 2.45) is 29.1 Å². The first kappa shape index (κ1) is 12.4. The summed E-state index contributed by atoms with van der Waals surface area (Å²) in [4.78, 5) is 35.0. The lowest BCUT2D eigenvalue weighted by molar-refractivity contribution is -0.154. The van der Waals surface area contributed by atoms with Gasteiger partial charge in [0.25, 0.3) is 0 Å². The molecule has 1 saturated heterocycles. The highest BCUT2D eigenvalue weighted by Crippen LogP contribution is 2.60. The van der Waals surface area contributed by atoms with E-state index in [0.717, 1.165) is 6.42 Å². The second-order valence-electron chi connectivity index (χ2n) is 6.10. The Hall–Kier alpha value is -1.65. The van der Waals surface area contributed by atoms with Gasteiger partial charge in [-0.05, 0) is 18.4 Å². The van der Waals surface area contributed by atoms with Gasteiger partial charge < -0.3 is 9.47 Å². The first-order valence-corrected chi connectivity index (χ1v) is 6.50. The Kier molecular flexibility index (Phi) is 2.40. The minimum Gasteiger partial charge on any atom is -0.431 e. The van der Waals surface area contributed by atoms with Gasteiger partial charge in [0, 0.05) is 18.3 Å². The molecule has 2 bridgehead atoms. The molecule has 0 aromatic heterocycles. The number of ether oxygens (including phenoxy) is 2. The van der Waals surface area contributed by atoms with Gasteiger partial charge in [0.1, 0.15) is 5.76 Å². The average molecular weight is 264 g/mol. The van der Waals surface area contributed by atoms with Crippen LogP contribution in [-0.2, 0) is 23.9 Å². The lowest BCUT2D eigenvalue weighted by Gasteiger charge is -2.50. The summed E-state index contributed by atoms with van der Waals surface area (Å²) in [6, 6.07) is 0. The predicted octanol–water partition coefficient (Wildman–Crippen LogP) is 1.43. The molecule has 3 unspecified atom stereocenters. The summed E-state index contributed by atoms with van der Waals surface area (Å²) in [7, 11) is 0. The monoisotopic (exact) mass is 264 g/mol. The molecule has 5 nitrogen and oxygen atoms in total. The maximum atomic E-state index is 11.9. The number of esters is 3. The Morgan fingerprint density at radius 3 is 2.68 bits per heavy atom. The Bertz CT molecular complexity index is 520. The van der Waals surface area contributed by atoms with Gasteiger partial charge in [-0.2, -0.15) is 0 Å². The molecule has 0 amide bonds. The highest BCUT2D eigenvalue weighted by atomic mass is 16.6. The van der Waals surface area contributed by atoms with Crippen LogP contribution >= 0.6 is 0 Å². The van der Waals surface area contributed by atoms with E-state index in [2.05, 4.69) is 0 Å². The molecule has 102 valence electrons. The lowest BCUT2D eigenvalue weighted by Crippen LogP contribution is -2.51. The molecule has 0 spiro atoms. The Morgan fingerprint density at radius 2 is 2.05 bits per heavy atom. The number of fused-ring (bicyclic) bond motifs is 1. The third kappa shape index (κ3) is 1.57. The van der Waals surface area contributed by atoms with E-state index in [1.54, 1.807) is 0 Å². The van der Waals surface area contributed by atoms with Crippen molar-refractivity contribution in [2.75, 3.05) is 0 Å². The molecular weight excluding hydrogens is 248 g/mol. The first-order valence-electron chi connectivity index (χ1n) is 6.50. The number of carbonyl (C=O) groups is 3. The quantitative estimate of drug-likeness (QED) is 0.529. The molecule has 0 aromatic carbocycles. The minimum atomic E-state index is -0.499. The van der Waals surface area contributed by atoms with Crippen LogP contribution in [0.5, 0.6) is 0 Å². The van der Waals surface area contributed by atoms with Crippen molar-refractivity contribution in [1.29, 1.82) is 0 Å². The molecule has 5 heteroatoms. The van der Waals surface area contributed by atoms with Gasteiger partial charge in [0.2, 0.25) is 0 Å². The van der Waals surface area contributed by atoms with E-state index in [4.69, 9.17) is 9.47 Å². The van der Waals surface area contributed by atoms with Crippen LogP contribution in [0.4, 0.5) is 0 Å². The molecule has 0 N–H and O–H groups in total. The molecule has 0 aromatic rings. The number of hydrogen-bond acceptors (Lipinski definition) is 5. The van der Waals surface area contributed by atoms with Gasteiger partial charge in [-0.15, -0.1) is 0 Å². The Balaban J connectivity index is 2.09. The molecule has 19 heavy (non-hydrogen) atoms. The van der Waals surface area contributed by atoms with Crippen LogP contribution in [0.3, 0.4) is 0 Å². The van der Waals surface area contributed by atoms with Crippen LogP contribution in [0.1, 0.15) is 27.2 Å². The molecule has 2 fully saturated rings. The van der Waals surface area contributed by atoms with Crippen LogP contribution in [0.15, 0.2) is 11.8 Å².